The third kappa shape index (κ3) is 2.70. The smallest absolute Gasteiger partial charge is 0.240 e. The highest BCUT2D eigenvalue weighted by atomic mass is 32.1. The van der Waals surface area contributed by atoms with E-state index in [1.54, 1.807) is 11.3 Å². The SMILES string of the molecule is NNc1nc(NCC2CCCCC2O)c2ccsc2n1. The Morgan fingerprint density at radius 1 is 1.35 bits per heavy atom. The number of hydrogen-bond donors (Lipinski definition) is 4. The lowest BCUT2D eigenvalue weighted by atomic mass is 9.86. The lowest BCUT2D eigenvalue weighted by Crippen LogP contribution is -2.30. The molecule has 0 bridgehead atoms. The molecule has 2 aromatic heterocycles. The summed E-state index contributed by atoms with van der Waals surface area (Å²) < 4.78 is 0. The maximum Gasteiger partial charge on any atom is 0.240 e. The van der Waals surface area contributed by atoms with E-state index in [0.717, 1.165) is 41.8 Å². The Balaban J connectivity index is 1.77. The number of aliphatic hydroxyl groups excluding tert-OH is 1. The molecule has 1 aliphatic carbocycles. The minimum absolute atomic E-state index is 0.205. The van der Waals surface area contributed by atoms with Gasteiger partial charge < -0.3 is 10.4 Å². The fourth-order valence-corrected chi connectivity index (χ4v) is 3.47. The molecule has 7 heteroatoms. The summed E-state index contributed by atoms with van der Waals surface area (Å²) in [5.41, 5.74) is 2.49. The fourth-order valence-electron chi connectivity index (χ4n) is 2.71. The Bertz CT molecular complexity index is 587. The third-order valence-electron chi connectivity index (χ3n) is 3.85. The van der Waals surface area contributed by atoms with Gasteiger partial charge in [0.05, 0.1) is 11.5 Å². The molecule has 3 rings (SSSR count). The van der Waals surface area contributed by atoms with Gasteiger partial charge >= 0.3 is 0 Å². The molecule has 1 saturated carbocycles. The summed E-state index contributed by atoms with van der Waals surface area (Å²) in [6.07, 6.45) is 4.08. The van der Waals surface area contributed by atoms with E-state index in [1.165, 1.54) is 6.42 Å². The van der Waals surface area contributed by atoms with E-state index in [9.17, 15) is 5.11 Å². The first-order chi connectivity index (χ1) is 9.78. The summed E-state index contributed by atoms with van der Waals surface area (Å²) >= 11 is 1.56. The van der Waals surface area contributed by atoms with Crippen LogP contribution in [-0.2, 0) is 0 Å². The van der Waals surface area contributed by atoms with Crippen LogP contribution in [0.4, 0.5) is 11.8 Å². The predicted molar refractivity (Wildman–Crippen MR) is 81.7 cm³/mol. The Hall–Kier alpha value is -1.44. The van der Waals surface area contributed by atoms with E-state index in [4.69, 9.17) is 5.84 Å². The number of rotatable bonds is 4. The first-order valence-electron chi connectivity index (χ1n) is 6.91. The van der Waals surface area contributed by atoms with Crippen molar-refractivity contribution in [3.63, 3.8) is 0 Å². The molecular weight excluding hydrogens is 274 g/mol. The van der Waals surface area contributed by atoms with Gasteiger partial charge in [0.2, 0.25) is 5.95 Å². The summed E-state index contributed by atoms with van der Waals surface area (Å²) in [4.78, 5) is 9.58. The van der Waals surface area contributed by atoms with Gasteiger partial charge in [-0.25, -0.2) is 10.8 Å². The second-order valence-corrected chi connectivity index (χ2v) is 6.07. The number of nitrogens with two attached hydrogens (primary N) is 1. The average Bonchev–Trinajstić information content (AvgIpc) is 2.94. The van der Waals surface area contributed by atoms with Crippen molar-refractivity contribution in [3.05, 3.63) is 11.4 Å². The molecule has 1 aliphatic rings. The van der Waals surface area contributed by atoms with Crippen molar-refractivity contribution in [1.29, 1.82) is 0 Å². The molecule has 0 amide bonds. The largest absolute Gasteiger partial charge is 0.393 e. The van der Waals surface area contributed by atoms with E-state index in [0.29, 0.717) is 11.9 Å². The lowest BCUT2D eigenvalue weighted by molar-refractivity contribution is 0.0763. The van der Waals surface area contributed by atoms with E-state index < -0.39 is 0 Å². The highest BCUT2D eigenvalue weighted by Crippen LogP contribution is 2.28. The third-order valence-corrected chi connectivity index (χ3v) is 4.66. The summed E-state index contributed by atoms with van der Waals surface area (Å²) in [5.74, 6) is 6.88. The quantitative estimate of drug-likeness (QED) is 0.508. The standard InChI is InChI=1S/C13H19N5OS/c14-18-13-16-11(9-5-6-20-12(9)17-13)15-7-8-3-1-2-4-10(8)19/h5-6,8,10,19H,1-4,7,14H2,(H2,15,16,17,18). The maximum absolute atomic E-state index is 10.0. The molecule has 1 fully saturated rings. The first-order valence-corrected chi connectivity index (χ1v) is 7.79. The van der Waals surface area contributed by atoms with Crippen LogP contribution in [0.2, 0.25) is 0 Å². The van der Waals surface area contributed by atoms with Crippen LogP contribution in [0.5, 0.6) is 0 Å². The van der Waals surface area contributed by atoms with Gasteiger partial charge in [-0.15, -0.1) is 11.3 Å². The van der Waals surface area contributed by atoms with Crippen molar-refractivity contribution in [2.45, 2.75) is 31.8 Å². The van der Waals surface area contributed by atoms with E-state index >= 15 is 0 Å². The number of fused-ring (bicyclic) bond motifs is 1. The Labute approximate surface area is 121 Å². The van der Waals surface area contributed by atoms with Crippen LogP contribution in [0.25, 0.3) is 10.2 Å². The van der Waals surface area contributed by atoms with Crippen LogP contribution >= 0.6 is 11.3 Å². The monoisotopic (exact) mass is 293 g/mol. The molecule has 6 nitrogen and oxygen atoms in total. The maximum atomic E-state index is 10.0. The Kier molecular flexibility index (Phi) is 4.00. The second-order valence-electron chi connectivity index (χ2n) is 5.17. The molecule has 2 heterocycles. The van der Waals surface area contributed by atoms with Crippen LogP contribution in [0.15, 0.2) is 11.4 Å². The number of nitrogens with one attached hydrogen (secondary N) is 2. The number of thiophene rings is 1. The molecular formula is C13H19N5OS. The summed E-state index contributed by atoms with van der Waals surface area (Å²) in [6.45, 7) is 0.729. The number of hydrogen-bond acceptors (Lipinski definition) is 7. The van der Waals surface area contributed by atoms with E-state index in [-0.39, 0.29) is 6.10 Å². The molecule has 0 radical (unpaired) electrons. The fraction of sp³-hybridized carbons (Fsp3) is 0.538. The van der Waals surface area contributed by atoms with Crippen molar-refractivity contribution in [3.8, 4) is 0 Å². The molecule has 2 aromatic rings. The lowest BCUT2D eigenvalue weighted by Gasteiger charge is -2.27. The molecule has 0 spiro atoms. The highest BCUT2D eigenvalue weighted by molar-refractivity contribution is 7.16. The zero-order valence-electron chi connectivity index (χ0n) is 11.2. The topological polar surface area (TPSA) is 96.1 Å². The first kappa shape index (κ1) is 13.5. The van der Waals surface area contributed by atoms with Crippen LogP contribution in [-0.4, -0.2) is 27.7 Å². The van der Waals surface area contributed by atoms with Crippen LogP contribution in [0, 0.1) is 5.92 Å². The molecule has 0 aliphatic heterocycles. The number of anilines is 2. The molecule has 2 atom stereocenters. The normalized spacial score (nSPS) is 22.9. The van der Waals surface area contributed by atoms with Gasteiger partial charge in [0.15, 0.2) is 0 Å². The van der Waals surface area contributed by atoms with Crippen LogP contribution in [0.3, 0.4) is 0 Å². The van der Waals surface area contributed by atoms with Gasteiger partial charge in [-0.3, -0.25) is 5.43 Å². The van der Waals surface area contributed by atoms with Gasteiger partial charge in [0.25, 0.3) is 0 Å². The van der Waals surface area contributed by atoms with Crippen molar-refractivity contribution in [2.75, 3.05) is 17.3 Å². The molecule has 2 unspecified atom stereocenters. The summed E-state index contributed by atoms with van der Waals surface area (Å²) in [5, 5.41) is 16.4. The number of hydrazine groups is 1. The van der Waals surface area contributed by atoms with Crippen molar-refractivity contribution in [2.24, 2.45) is 11.8 Å². The average molecular weight is 293 g/mol. The second kappa shape index (κ2) is 5.90. The number of nitrogens with zero attached hydrogens (tertiary/aromatic N) is 2. The molecule has 108 valence electrons. The van der Waals surface area contributed by atoms with Gasteiger partial charge in [0.1, 0.15) is 10.6 Å². The molecule has 0 saturated heterocycles. The minimum Gasteiger partial charge on any atom is -0.393 e. The zero-order chi connectivity index (χ0) is 13.9. The molecule has 20 heavy (non-hydrogen) atoms. The van der Waals surface area contributed by atoms with Crippen molar-refractivity contribution < 1.29 is 5.11 Å². The summed E-state index contributed by atoms with van der Waals surface area (Å²) in [7, 11) is 0. The number of nitrogen functional groups attached to an aromatic ring is 1. The van der Waals surface area contributed by atoms with Crippen LogP contribution in [0.1, 0.15) is 25.7 Å². The molecule has 0 aromatic carbocycles. The molecule has 5 N–H and O–H groups in total. The van der Waals surface area contributed by atoms with Crippen molar-refractivity contribution in [1.82, 2.24) is 9.97 Å². The van der Waals surface area contributed by atoms with Crippen molar-refractivity contribution >= 4 is 33.3 Å². The van der Waals surface area contributed by atoms with Gasteiger partial charge in [-0.1, -0.05) is 12.8 Å². The zero-order valence-corrected chi connectivity index (χ0v) is 12.0. The minimum atomic E-state index is -0.205. The van der Waals surface area contributed by atoms with E-state index in [1.807, 2.05) is 11.4 Å². The number of aromatic nitrogens is 2. The highest BCUT2D eigenvalue weighted by Gasteiger charge is 2.23. The van der Waals surface area contributed by atoms with Gasteiger partial charge in [0, 0.05) is 12.5 Å². The number of aliphatic hydroxyl groups is 1. The van der Waals surface area contributed by atoms with Gasteiger partial charge in [-0.05, 0) is 24.3 Å². The van der Waals surface area contributed by atoms with E-state index in [2.05, 4.69) is 20.7 Å². The predicted octanol–water partition coefficient (Wildman–Crippen LogP) is 1.94. The van der Waals surface area contributed by atoms with Gasteiger partial charge in [-0.2, -0.15) is 4.98 Å². The Morgan fingerprint density at radius 3 is 3.00 bits per heavy atom. The Morgan fingerprint density at radius 2 is 2.20 bits per heavy atom. The summed E-state index contributed by atoms with van der Waals surface area (Å²) in [6, 6.07) is 2.00. The van der Waals surface area contributed by atoms with Crippen LogP contribution < -0.4 is 16.6 Å².